The Bertz CT molecular complexity index is 822. The van der Waals surface area contributed by atoms with Gasteiger partial charge in [0.2, 0.25) is 0 Å². The number of rotatable bonds is 3. The fraction of sp³-hybridized carbons (Fsp3) is 0.211. The summed E-state index contributed by atoms with van der Waals surface area (Å²) in [4.78, 5) is 12.9. The molecule has 2 heterocycles. The average Bonchev–Trinajstić information content (AvgIpc) is 2.90. The van der Waals surface area contributed by atoms with Crippen molar-refractivity contribution in [1.29, 1.82) is 0 Å². The van der Waals surface area contributed by atoms with E-state index in [0.29, 0.717) is 0 Å². The van der Waals surface area contributed by atoms with Gasteiger partial charge in [-0.2, -0.15) is 0 Å². The van der Waals surface area contributed by atoms with Crippen molar-refractivity contribution in [1.82, 2.24) is 4.57 Å². The minimum absolute atomic E-state index is 0.0207. The summed E-state index contributed by atoms with van der Waals surface area (Å²) >= 11 is 1.89. The van der Waals surface area contributed by atoms with Gasteiger partial charge in [0.05, 0.1) is 5.92 Å². The first-order valence-corrected chi connectivity index (χ1v) is 8.60. The van der Waals surface area contributed by atoms with Crippen molar-refractivity contribution in [3.05, 3.63) is 65.9 Å². The number of hydrogen-bond acceptors (Lipinski definition) is 2. The molecule has 2 aromatic carbocycles. The van der Waals surface area contributed by atoms with Crippen LogP contribution in [-0.4, -0.2) is 16.6 Å². The third-order valence-corrected chi connectivity index (χ3v) is 5.49. The molecule has 1 unspecified atom stereocenters. The van der Waals surface area contributed by atoms with E-state index in [9.17, 15) is 4.79 Å². The molecule has 3 aromatic rings. The zero-order valence-electron chi connectivity index (χ0n) is 12.2. The van der Waals surface area contributed by atoms with Gasteiger partial charge >= 0.3 is 0 Å². The zero-order chi connectivity index (χ0) is 14.9. The highest BCUT2D eigenvalue weighted by Crippen LogP contribution is 2.43. The highest BCUT2D eigenvalue weighted by molar-refractivity contribution is 7.99. The summed E-state index contributed by atoms with van der Waals surface area (Å²) in [6.45, 7) is 0.821. The third kappa shape index (κ3) is 2.17. The lowest BCUT2D eigenvalue weighted by atomic mass is 10.0. The van der Waals surface area contributed by atoms with Gasteiger partial charge in [-0.25, -0.2) is 0 Å². The molecule has 1 aliphatic heterocycles. The SMILES string of the molecule is O=CC1CCSc2c1n(Cc1ccccc1)c1ccccc21. The van der Waals surface area contributed by atoms with E-state index in [0.717, 1.165) is 25.0 Å². The maximum Gasteiger partial charge on any atom is 0.129 e. The number of carbonyl (C=O) groups excluding carboxylic acids is 1. The normalized spacial score (nSPS) is 17.4. The summed E-state index contributed by atoms with van der Waals surface area (Å²) in [5, 5.41) is 1.28. The zero-order valence-corrected chi connectivity index (χ0v) is 13.1. The number of aromatic nitrogens is 1. The number of aldehydes is 1. The van der Waals surface area contributed by atoms with Crippen LogP contribution in [0.25, 0.3) is 10.9 Å². The molecule has 4 rings (SSSR count). The number of carbonyl (C=O) groups is 1. The second-order valence-corrected chi connectivity index (χ2v) is 6.79. The van der Waals surface area contributed by atoms with Crippen molar-refractivity contribution < 1.29 is 4.79 Å². The van der Waals surface area contributed by atoms with Crippen LogP contribution in [0.3, 0.4) is 0 Å². The van der Waals surface area contributed by atoms with Crippen LogP contribution >= 0.6 is 11.8 Å². The molecule has 2 nitrogen and oxygen atoms in total. The standard InChI is InChI=1S/C19H17NOS/c21-13-15-10-11-22-19-16-8-4-5-9-17(16)20(18(15)19)12-14-6-2-1-3-7-14/h1-9,13,15H,10-12H2. The van der Waals surface area contributed by atoms with Crippen molar-refractivity contribution in [3.8, 4) is 0 Å². The van der Waals surface area contributed by atoms with Gasteiger partial charge in [-0.3, -0.25) is 0 Å². The molecule has 110 valence electrons. The molecule has 1 aromatic heterocycles. The van der Waals surface area contributed by atoms with E-state index in [1.54, 1.807) is 0 Å². The van der Waals surface area contributed by atoms with E-state index in [1.165, 1.54) is 27.1 Å². The largest absolute Gasteiger partial charge is 0.338 e. The number of thioether (sulfide) groups is 1. The van der Waals surface area contributed by atoms with Crippen molar-refractivity contribution in [2.45, 2.75) is 23.8 Å². The lowest BCUT2D eigenvalue weighted by Crippen LogP contribution is -2.14. The number of benzene rings is 2. The summed E-state index contributed by atoms with van der Waals surface area (Å²) in [5.74, 6) is 1.04. The highest BCUT2D eigenvalue weighted by Gasteiger charge is 2.27. The molecule has 0 spiro atoms. The predicted molar refractivity (Wildman–Crippen MR) is 91.6 cm³/mol. The van der Waals surface area contributed by atoms with Crippen molar-refractivity contribution >= 4 is 29.0 Å². The van der Waals surface area contributed by atoms with Crippen LogP contribution in [0.2, 0.25) is 0 Å². The fourth-order valence-corrected chi connectivity index (χ4v) is 4.62. The first kappa shape index (κ1) is 13.6. The quantitative estimate of drug-likeness (QED) is 0.666. The van der Waals surface area contributed by atoms with Crippen LogP contribution in [0.5, 0.6) is 0 Å². The average molecular weight is 307 g/mol. The fourth-order valence-electron chi connectivity index (χ4n) is 3.31. The minimum atomic E-state index is 0.0207. The Labute approximate surface area is 134 Å². The monoisotopic (exact) mass is 307 g/mol. The Kier molecular flexibility index (Phi) is 3.51. The first-order chi connectivity index (χ1) is 10.9. The van der Waals surface area contributed by atoms with Crippen LogP contribution in [0, 0.1) is 0 Å². The van der Waals surface area contributed by atoms with Crippen LogP contribution in [0.4, 0.5) is 0 Å². The predicted octanol–water partition coefficient (Wildman–Crippen LogP) is 4.47. The molecule has 0 fully saturated rings. The van der Waals surface area contributed by atoms with Crippen molar-refractivity contribution in [2.24, 2.45) is 0 Å². The van der Waals surface area contributed by atoms with Gasteiger partial charge in [-0.15, -0.1) is 11.8 Å². The molecule has 0 saturated heterocycles. The van der Waals surface area contributed by atoms with Gasteiger partial charge in [0, 0.05) is 28.0 Å². The summed E-state index contributed by atoms with van der Waals surface area (Å²) in [6, 6.07) is 19.0. The minimum Gasteiger partial charge on any atom is -0.338 e. The van der Waals surface area contributed by atoms with Gasteiger partial charge < -0.3 is 9.36 Å². The Morgan fingerprint density at radius 3 is 2.68 bits per heavy atom. The molecular weight excluding hydrogens is 290 g/mol. The molecule has 1 aliphatic rings. The molecule has 3 heteroatoms. The van der Waals surface area contributed by atoms with E-state index in [1.807, 2.05) is 17.8 Å². The smallest absolute Gasteiger partial charge is 0.129 e. The number of para-hydroxylation sites is 1. The third-order valence-electron chi connectivity index (χ3n) is 4.34. The Balaban J connectivity index is 1.94. The van der Waals surface area contributed by atoms with E-state index < -0.39 is 0 Å². The summed E-state index contributed by atoms with van der Waals surface area (Å²) < 4.78 is 2.34. The Hall–Kier alpha value is -2.00. The van der Waals surface area contributed by atoms with Gasteiger partial charge in [0.15, 0.2) is 0 Å². The lowest BCUT2D eigenvalue weighted by molar-refractivity contribution is -0.109. The second kappa shape index (κ2) is 5.65. The van der Waals surface area contributed by atoms with E-state index in [4.69, 9.17) is 0 Å². The van der Waals surface area contributed by atoms with Crippen LogP contribution < -0.4 is 0 Å². The number of fused-ring (bicyclic) bond motifs is 3. The van der Waals surface area contributed by atoms with E-state index in [2.05, 4.69) is 53.1 Å². The van der Waals surface area contributed by atoms with Crippen LogP contribution in [0.1, 0.15) is 23.6 Å². The van der Waals surface area contributed by atoms with Crippen LogP contribution in [0.15, 0.2) is 59.5 Å². The topological polar surface area (TPSA) is 22.0 Å². The molecule has 0 aliphatic carbocycles. The molecule has 0 radical (unpaired) electrons. The number of hydrogen-bond donors (Lipinski definition) is 0. The van der Waals surface area contributed by atoms with Gasteiger partial charge in [-0.05, 0) is 23.8 Å². The summed E-state index contributed by atoms with van der Waals surface area (Å²) in [5.41, 5.74) is 3.71. The Morgan fingerprint density at radius 1 is 1.09 bits per heavy atom. The molecule has 0 saturated carbocycles. The molecule has 22 heavy (non-hydrogen) atoms. The number of nitrogens with zero attached hydrogens (tertiary/aromatic N) is 1. The molecular formula is C19H17NOS. The maximum absolute atomic E-state index is 11.6. The van der Waals surface area contributed by atoms with Gasteiger partial charge in [-0.1, -0.05) is 48.5 Å². The molecule has 0 N–H and O–H groups in total. The van der Waals surface area contributed by atoms with Crippen LogP contribution in [-0.2, 0) is 11.3 Å². The second-order valence-electron chi connectivity index (χ2n) is 5.68. The summed E-state index contributed by atoms with van der Waals surface area (Å²) in [7, 11) is 0. The van der Waals surface area contributed by atoms with Crippen molar-refractivity contribution in [3.63, 3.8) is 0 Å². The van der Waals surface area contributed by atoms with Gasteiger partial charge in [0.25, 0.3) is 0 Å². The van der Waals surface area contributed by atoms with E-state index >= 15 is 0 Å². The highest BCUT2D eigenvalue weighted by atomic mass is 32.2. The van der Waals surface area contributed by atoms with Crippen molar-refractivity contribution in [2.75, 3.05) is 5.75 Å². The van der Waals surface area contributed by atoms with Gasteiger partial charge in [0.1, 0.15) is 6.29 Å². The summed E-state index contributed by atoms with van der Waals surface area (Å²) in [6.07, 6.45) is 2.06. The maximum atomic E-state index is 11.6. The molecule has 1 atom stereocenters. The molecule has 0 bridgehead atoms. The van der Waals surface area contributed by atoms with E-state index in [-0.39, 0.29) is 5.92 Å². The first-order valence-electron chi connectivity index (χ1n) is 7.61. The molecule has 0 amide bonds. The lowest BCUT2D eigenvalue weighted by Gasteiger charge is -2.21. The Morgan fingerprint density at radius 2 is 1.86 bits per heavy atom.